The SMILES string of the molecule is CCC(Br)C(=O)c1ccc2c(c1)oc(=O)n2CC. The van der Waals surface area contributed by atoms with Gasteiger partial charge >= 0.3 is 5.76 Å². The van der Waals surface area contributed by atoms with Gasteiger partial charge < -0.3 is 4.42 Å². The molecule has 2 aromatic rings. The number of ketones is 1. The maximum atomic E-state index is 12.0. The molecule has 0 fully saturated rings. The Labute approximate surface area is 113 Å². The normalized spacial score (nSPS) is 12.8. The van der Waals surface area contributed by atoms with Crippen molar-refractivity contribution >= 4 is 32.8 Å². The quantitative estimate of drug-likeness (QED) is 0.644. The first kappa shape index (κ1) is 13.1. The molecule has 0 saturated heterocycles. The Morgan fingerprint density at radius 1 is 1.44 bits per heavy atom. The van der Waals surface area contributed by atoms with Gasteiger partial charge in [0.05, 0.1) is 10.3 Å². The van der Waals surface area contributed by atoms with Crippen molar-refractivity contribution in [3.63, 3.8) is 0 Å². The summed E-state index contributed by atoms with van der Waals surface area (Å²) in [5.41, 5.74) is 1.74. The Morgan fingerprint density at radius 2 is 2.17 bits per heavy atom. The van der Waals surface area contributed by atoms with Gasteiger partial charge in [0.15, 0.2) is 11.4 Å². The summed E-state index contributed by atoms with van der Waals surface area (Å²) in [5.74, 6) is -0.380. The van der Waals surface area contributed by atoms with E-state index in [0.29, 0.717) is 17.7 Å². The van der Waals surface area contributed by atoms with Gasteiger partial charge in [-0.05, 0) is 31.5 Å². The molecule has 1 aromatic heterocycles. The Kier molecular flexibility index (Phi) is 3.71. The van der Waals surface area contributed by atoms with Gasteiger partial charge in [-0.2, -0.15) is 0 Å². The van der Waals surface area contributed by atoms with E-state index < -0.39 is 0 Å². The molecule has 0 aliphatic heterocycles. The first-order valence-electron chi connectivity index (χ1n) is 5.90. The fraction of sp³-hybridized carbons (Fsp3) is 0.385. The number of aryl methyl sites for hydroxylation is 1. The zero-order valence-corrected chi connectivity index (χ0v) is 11.9. The number of carbonyl (C=O) groups is 1. The molecule has 0 aliphatic rings. The first-order valence-corrected chi connectivity index (χ1v) is 6.81. The molecule has 96 valence electrons. The first-order chi connectivity index (χ1) is 8.58. The van der Waals surface area contributed by atoms with Crippen LogP contribution in [0.15, 0.2) is 27.4 Å². The molecular formula is C13H14BrNO3. The van der Waals surface area contributed by atoms with Crippen LogP contribution >= 0.6 is 15.9 Å². The summed E-state index contributed by atoms with van der Waals surface area (Å²) in [7, 11) is 0. The fourth-order valence-corrected chi connectivity index (χ4v) is 2.15. The van der Waals surface area contributed by atoms with E-state index >= 15 is 0 Å². The zero-order chi connectivity index (χ0) is 13.3. The molecule has 0 aliphatic carbocycles. The standard InChI is InChI=1S/C13H14BrNO3/c1-3-9(14)12(16)8-5-6-10-11(7-8)18-13(17)15(10)4-2/h5-7,9H,3-4H2,1-2H3. The zero-order valence-electron chi connectivity index (χ0n) is 10.3. The Bertz CT molecular complexity index is 641. The van der Waals surface area contributed by atoms with Crippen molar-refractivity contribution in [1.29, 1.82) is 0 Å². The van der Waals surface area contributed by atoms with Crippen LogP contribution in [0.1, 0.15) is 30.6 Å². The summed E-state index contributed by atoms with van der Waals surface area (Å²) in [4.78, 5) is 23.4. The third-order valence-electron chi connectivity index (χ3n) is 2.91. The van der Waals surface area contributed by atoms with E-state index in [4.69, 9.17) is 4.42 Å². The Hall–Kier alpha value is -1.36. The number of rotatable bonds is 4. The highest BCUT2D eigenvalue weighted by atomic mass is 79.9. The number of nitrogens with zero attached hydrogens (tertiary/aromatic N) is 1. The van der Waals surface area contributed by atoms with E-state index in [-0.39, 0.29) is 16.4 Å². The molecule has 0 radical (unpaired) electrons. The number of oxazole rings is 1. The molecule has 5 heteroatoms. The van der Waals surface area contributed by atoms with E-state index in [9.17, 15) is 9.59 Å². The van der Waals surface area contributed by atoms with Gasteiger partial charge in [0.25, 0.3) is 0 Å². The van der Waals surface area contributed by atoms with E-state index in [2.05, 4.69) is 15.9 Å². The molecular weight excluding hydrogens is 298 g/mol. The smallest absolute Gasteiger partial charge is 0.408 e. The molecule has 0 N–H and O–H groups in total. The average molecular weight is 312 g/mol. The largest absolute Gasteiger partial charge is 0.419 e. The summed E-state index contributed by atoms with van der Waals surface area (Å²) in [5, 5.41) is 0. The lowest BCUT2D eigenvalue weighted by Crippen LogP contribution is -2.13. The van der Waals surface area contributed by atoms with Crippen LogP contribution in [-0.2, 0) is 6.54 Å². The van der Waals surface area contributed by atoms with Gasteiger partial charge in [-0.1, -0.05) is 22.9 Å². The fourth-order valence-electron chi connectivity index (χ4n) is 1.89. The van der Waals surface area contributed by atoms with Crippen LogP contribution in [0.2, 0.25) is 0 Å². The van der Waals surface area contributed by atoms with Gasteiger partial charge in [0, 0.05) is 12.1 Å². The monoisotopic (exact) mass is 311 g/mol. The van der Waals surface area contributed by atoms with E-state index in [1.807, 2.05) is 13.8 Å². The van der Waals surface area contributed by atoms with Gasteiger partial charge in [-0.25, -0.2) is 4.79 Å². The molecule has 0 amide bonds. The van der Waals surface area contributed by atoms with Crippen molar-refractivity contribution in [2.24, 2.45) is 0 Å². The second-order valence-corrected chi connectivity index (χ2v) is 5.14. The van der Waals surface area contributed by atoms with Gasteiger partial charge in [0.1, 0.15) is 0 Å². The van der Waals surface area contributed by atoms with Crippen LogP contribution in [0.5, 0.6) is 0 Å². The summed E-state index contributed by atoms with van der Waals surface area (Å²) < 4.78 is 6.67. The number of carbonyl (C=O) groups excluding carboxylic acids is 1. The summed E-state index contributed by atoms with van der Waals surface area (Å²) >= 11 is 3.33. The highest BCUT2D eigenvalue weighted by Gasteiger charge is 2.17. The summed E-state index contributed by atoms with van der Waals surface area (Å²) in [6.45, 7) is 4.36. The van der Waals surface area contributed by atoms with E-state index in [1.165, 1.54) is 4.57 Å². The summed E-state index contributed by atoms with van der Waals surface area (Å²) in [6, 6.07) is 5.12. The van der Waals surface area contributed by atoms with Crippen LogP contribution < -0.4 is 5.76 Å². The Morgan fingerprint density at radius 3 is 2.78 bits per heavy atom. The average Bonchev–Trinajstić information content (AvgIpc) is 2.70. The van der Waals surface area contributed by atoms with Crippen LogP contribution in [0.4, 0.5) is 0 Å². The van der Waals surface area contributed by atoms with E-state index in [1.54, 1.807) is 18.2 Å². The van der Waals surface area contributed by atoms with Gasteiger partial charge in [-0.15, -0.1) is 0 Å². The number of halogens is 1. The molecule has 1 atom stereocenters. The lowest BCUT2D eigenvalue weighted by molar-refractivity contribution is 0.0990. The third-order valence-corrected chi connectivity index (χ3v) is 3.98. The molecule has 0 bridgehead atoms. The van der Waals surface area contributed by atoms with Crippen LogP contribution in [-0.4, -0.2) is 15.2 Å². The predicted octanol–water partition coefficient (Wildman–Crippen LogP) is 2.97. The van der Waals surface area contributed by atoms with Crippen molar-refractivity contribution < 1.29 is 9.21 Å². The lowest BCUT2D eigenvalue weighted by Gasteiger charge is -2.05. The number of fused-ring (bicyclic) bond motifs is 1. The highest BCUT2D eigenvalue weighted by molar-refractivity contribution is 9.10. The Balaban J connectivity index is 2.52. The molecule has 0 saturated carbocycles. The van der Waals surface area contributed by atoms with Crippen molar-refractivity contribution in [2.75, 3.05) is 0 Å². The predicted molar refractivity (Wildman–Crippen MR) is 73.5 cm³/mol. The van der Waals surface area contributed by atoms with Crippen molar-refractivity contribution in [3.8, 4) is 0 Å². The number of hydrogen-bond acceptors (Lipinski definition) is 3. The molecule has 4 nitrogen and oxygen atoms in total. The van der Waals surface area contributed by atoms with Crippen LogP contribution in [0, 0.1) is 0 Å². The minimum atomic E-state index is -0.386. The van der Waals surface area contributed by atoms with Crippen LogP contribution in [0.3, 0.4) is 0 Å². The maximum absolute atomic E-state index is 12.0. The molecule has 1 heterocycles. The van der Waals surface area contributed by atoms with Crippen molar-refractivity contribution in [2.45, 2.75) is 31.6 Å². The van der Waals surface area contributed by atoms with Crippen molar-refractivity contribution in [3.05, 3.63) is 34.3 Å². The molecule has 1 aromatic carbocycles. The van der Waals surface area contributed by atoms with Crippen molar-refractivity contribution in [1.82, 2.24) is 4.57 Å². The molecule has 2 rings (SSSR count). The minimum Gasteiger partial charge on any atom is -0.408 e. The number of hydrogen-bond donors (Lipinski definition) is 0. The molecule has 1 unspecified atom stereocenters. The topological polar surface area (TPSA) is 52.2 Å². The summed E-state index contributed by atoms with van der Waals surface area (Å²) in [6.07, 6.45) is 0.719. The molecule has 18 heavy (non-hydrogen) atoms. The lowest BCUT2D eigenvalue weighted by atomic mass is 10.1. The number of Topliss-reactive ketones (excluding diaryl/α,β-unsaturated/α-hetero) is 1. The maximum Gasteiger partial charge on any atom is 0.419 e. The number of aromatic nitrogens is 1. The molecule has 0 spiro atoms. The third kappa shape index (κ3) is 2.14. The van der Waals surface area contributed by atoms with E-state index in [0.717, 1.165) is 11.9 Å². The number of alkyl halides is 1. The highest BCUT2D eigenvalue weighted by Crippen LogP contribution is 2.19. The minimum absolute atomic E-state index is 0.00583. The van der Waals surface area contributed by atoms with Gasteiger partial charge in [0.2, 0.25) is 0 Å². The number of benzene rings is 1. The second kappa shape index (κ2) is 5.10. The van der Waals surface area contributed by atoms with Crippen LogP contribution in [0.25, 0.3) is 11.1 Å². The second-order valence-electron chi connectivity index (χ2n) is 4.03. The van der Waals surface area contributed by atoms with Gasteiger partial charge in [-0.3, -0.25) is 9.36 Å².